The summed E-state index contributed by atoms with van der Waals surface area (Å²) < 4.78 is 5.82. The number of hydrogen-bond donors (Lipinski definition) is 5. The molecule has 0 saturated carbocycles. The summed E-state index contributed by atoms with van der Waals surface area (Å²) in [6.07, 6.45) is 7.37. The van der Waals surface area contributed by atoms with Crippen molar-refractivity contribution in [3.8, 4) is 45.6 Å². The Bertz CT molecular complexity index is 2350. The van der Waals surface area contributed by atoms with E-state index in [1.807, 2.05) is 81.3 Å². The van der Waals surface area contributed by atoms with E-state index in [2.05, 4.69) is 54.8 Å². The van der Waals surface area contributed by atoms with Gasteiger partial charge in [0, 0.05) is 13.1 Å². The summed E-state index contributed by atoms with van der Waals surface area (Å²) >= 11 is 0. The fourth-order valence-corrected chi connectivity index (χ4v) is 7.96. The smallest absolute Gasteiger partial charge is 0.405 e. The molecule has 2 fully saturated rings. The normalized spacial score (nSPS) is 17.7. The predicted molar refractivity (Wildman–Crippen MR) is 226 cm³/mol. The van der Waals surface area contributed by atoms with Crippen molar-refractivity contribution in [1.82, 2.24) is 40.4 Å². The van der Waals surface area contributed by atoms with Crippen molar-refractivity contribution >= 4 is 23.9 Å². The van der Waals surface area contributed by atoms with Crippen LogP contribution >= 0.6 is 0 Å². The van der Waals surface area contributed by atoms with Crippen molar-refractivity contribution in [3.05, 3.63) is 103 Å². The van der Waals surface area contributed by atoms with Crippen molar-refractivity contribution in [3.63, 3.8) is 0 Å². The molecular weight excluding hydrogens is 761 g/mol. The maximum atomic E-state index is 14.0. The molecule has 2 aliphatic rings. The maximum absolute atomic E-state index is 14.0. The van der Waals surface area contributed by atoms with Crippen LogP contribution in [0.1, 0.15) is 77.1 Å². The Balaban J connectivity index is 1.00. The van der Waals surface area contributed by atoms with E-state index in [9.17, 15) is 24.8 Å². The van der Waals surface area contributed by atoms with Crippen LogP contribution in [-0.2, 0) is 9.59 Å². The number of carbonyl (C=O) groups is 3. The van der Waals surface area contributed by atoms with Gasteiger partial charge in [0.2, 0.25) is 11.8 Å². The molecule has 0 unspecified atom stereocenters. The highest BCUT2D eigenvalue weighted by Crippen LogP contribution is 2.35. The minimum absolute atomic E-state index is 0.0320. The van der Waals surface area contributed by atoms with Gasteiger partial charge < -0.3 is 34.9 Å². The van der Waals surface area contributed by atoms with Gasteiger partial charge in [0.1, 0.15) is 29.5 Å². The highest BCUT2D eigenvalue weighted by Gasteiger charge is 2.38. The van der Waals surface area contributed by atoms with Gasteiger partial charge in [-0.05, 0) is 71.9 Å². The number of amides is 3. The molecule has 0 bridgehead atoms. The number of aliphatic imine (C=N–C) groups is 1. The number of benzene rings is 3. The van der Waals surface area contributed by atoms with Crippen molar-refractivity contribution in [2.45, 2.75) is 77.5 Å². The van der Waals surface area contributed by atoms with Crippen molar-refractivity contribution in [2.24, 2.45) is 16.8 Å². The van der Waals surface area contributed by atoms with Crippen LogP contribution in [0.2, 0.25) is 0 Å². The molecule has 2 aromatic heterocycles. The topological polar surface area (TPSA) is 205 Å². The molecule has 310 valence electrons. The number of hydrogen-bond acceptors (Lipinski definition) is 8. The number of carbonyl (C=O) groups excluding carboxylic acids is 2. The van der Waals surface area contributed by atoms with Crippen LogP contribution in [0.3, 0.4) is 0 Å². The number of aromatic amines is 2. The zero-order valence-electron chi connectivity index (χ0n) is 34.1. The van der Waals surface area contributed by atoms with Gasteiger partial charge in [-0.3, -0.25) is 9.59 Å². The number of nitrogens with one attached hydrogen (secondary N) is 4. The lowest BCUT2D eigenvalue weighted by atomic mass is 10.0. The molecule has 5 aromatic rings. The average Bonchev–Trinajstić information content (AvgIpc) is 4.09. The van der Waals surface area contributed by atoms with Gasteiger partial charge in [-0.2, -0.15) is 5.26 Å². The van der Waals surface area contributed by atoms with E-state index < -0.39 is 18.2 Å². The third-order valence-corrected chi connectivity index (χ3v) is 11.1. The number of nitrogens with zero attached hydrogens (tertiary/aromatic N) is 6. The van der Waals surface area contributed by atoms with Gasteiger partial charge in [0.05, 0.1) is 35.9 Å². The Morgan fingerprint density at radius 3 is 1.73 bits per heavy atom. The maximum Gasteiger partial charge on any atom is 0.405 e. The number of likely N-dealkylation sites (tertiary alicyclic amines) is 2. The molecule has 2 aliphatic heterocycles. The lowest BCUT2D eigenvalue weighted by molar-refractivity contribution is -0.135. The first-order valence-electron chi connectivity index (χ1n) is 20.4. The number of aromatic nitrogens is 4. The van der Waals surface area contributed by atoms with Gasteiger partial charge in [0.15, 0.2) is 6.19 Å². The number of ether oxygens (including phenoxy) is 1. The zero-order chi connectivity index (χ0) is 42.3. The molecule has 5 N–H and O–H groups in total. The molecule has 0 radical (unpaired) electrons. The number of H-pyrrole nitrogens is 2. The zero-order valence-corrected chi connectivity index (χ0v) is 34.1. The minimum Gasteiger partial charge on any atom is -0.465 e. The Kier molecular flexibility index (Phi) is 12.6. The van der Waals surface area contributed by atoms with Crippen LogP contribution in [0.5, 0.6) is 5.75 Å². The lowest BCUT2D eigenvalue weighted by Gasteiger charge is -2.29. The molecule has 15 heteroatoms. The van der Waals surface area contributed by atoms with E-state index in [1.54, 1.807) is 29.4 Å². The van der Waals surface area contributed by atoms with Crippen LogP contribution in [0, 0.1) is 23.3 Å². The van der Waals surface area contributed by atoms with Crippen LogP contribution in [0.15, 0.2) is 96.2 Å². The number of imidazole rings is 2. The molecule has 3 amide bonds. The molecule has 3 aromatic carbocycles. The molecular formula is C45H50N10O5. The second-order valence-corrected chi connectivity index (χ2v) is 15.8. The van der Waals surface area contributed by atoms with Crippen LogP contribution in [0.25, 0.3) is 33.6 Å². The van der Waals surface area contributed by atoms with Crippen LogP contribution in [-0.4, -0.2) is 83.9 Å². The lowest BCUT2D eigenvalue weighted by Crippen LogP contribution is -2.50. The van der Waals surface area contributed by atoms with Gasteiger partial charge in [-0.25, -0.2) is 25.1 Å². The standard InChI is InChI=1S/C45H50N10O5/c1-27(2)38(52-44(49-26-46)60-33-10-6-5-7-11-33)42(56)54-22-8-12-36(54)40-47-24-34(50-40)31-18-14-29(15-19-31)30-16-20-32(21-17-30)35-25-48-41(51-35)37-13-9-23-55(37)43(57)39(28(3)4)53-45(58)59/h5-7,10-11,14-21,24-25,27-28,36-39,53H,8-9,12-13,22-23H2,1-4H3,(H,47,50)(H,48,51)(H,49,52)(H,58,59)/t36-,37-,38-,39-/m0/s1. The molecule has 4 atom stereocenters. The summed E-state index contributed by atoms with van der Waals surface area (Å²) in [5.74, 6) is 1.16. The number of para-hydroxylation sites is 1. The largest absolute Gasteiger partial charge is 0.465 e. The summed E-state index contributed by atoms with van der Waals surface area (Å²) in [4.78, 5) is 63.2. The summed E-state index contributed by atoms with van der Waals surface area (Å²) in [6.45, 7) is 8.62. The van der Waals surface area contributed by atoms with Crippen molar-refractivity contribution in [1.29, 1.82) is 5.26 Å². The SMILES string of the molecule is CC(C)[C@H](N=C(NC#N)Oc1ccccc1)C(=O)N1CCC[C@H]1c1ncc(-c2ccc(-c3ccc(-c4cnc([C@@H]5CCCN5C(=O)[C@@H](NC(=O)O)C(C)C)[nH]4)cc3)cc2)[nH]1. The highest BCUT2D eigenvalue weighted by molar-refractivity contribution is 5.87. The third kappa shape index (κ3) is 9.18. The minimum atomic E-state index is -1.22. The summed E-state index contributed by atoms with van der Waals surface area (Å²) in [5, 5.41) is 23.5. The van der Waals surface area contributed by atoms with Crippen LogP contribution < -0.4 is 15.4 Å². The number of rotatable bonds is 12. The Morgan fingerprint density at radius 2 is 1.27 bits per heavy atom. The Labute approximate surface area is 348 Å². The number of amidine groups is 1. The molecule has 60 heavy (non-hydrogen) atoms. The Hall–Kier alpha value is -6.95. The predicted octanol–water partition coefficient (Wildman–Crippen LogP) is 7.28. The molecule has 15 nitrogen and oxygen atoms in total. The van der Waals surface area contributed by atoms with Crippen molar-refractivity contribution < 1.29 is 24.2 Å². The van der Waals surface area contributed by atoms with E-state index in [1.165, 1.54) is 0 Å². The molecule has 2 saturated heterocycles. The summed E-state index contributed by atoms with van der Waals surface area (Å²) in [5.41, 5.74) is 5.67. The molecule has 7 rings (SSSR count). The van der Waals surface area contributed by atoms with E-state index >= 15 is 0 Å². The fraction of sp³-hybridized carbons (Fsp3) is 0.356. The Morgan fingerprint density at radius 1 is 0.767 bits per heavy atom. The van der Waals surface area contributed by atoms with Gasteiger partial charge in [-0.1, -0.05) is 94.4 Å². The van der Waals surface area contributed by atoms with Gasteiger partial charge in [0.25, 0.3) is 0 Å². The summed E-state index contributed by atoms with van der Waals surface area (Å²) in [7, 11) is 0. The number of carboxylic acid groups (broad SMARTS) is 1. The van der Waals surface area contributed by atoms with Crippen molar-refractivity contribution in [2.75, 3.05) is 13.1 Å². The fourth-order valence-electron chi connectivity index (χ4n) is 7.96. The first-order chi connectivity index (χ1) is 29.0. The van der Waals surface area contributed by atoms with Crippen LogP contribution in [0.4, 0.5) is 4.79 Å². The summed E-state index contributed by atoms with van der Waals surface area (Å²) in [6, 6.07) is 23.3. The third-order valence-electron chi connectivity index (χ3n) is 11.1. The first-order valence-corrected chi connectivity index (χ1v) is 20.4. The van der Waals surface area contributed by atoms with E-state index in [0.29, 0.717) is 30.5 Å². The first kappa shape index (κ1) is 41.2. The van der Waals surface area contributed by atoms with E-state index in [-0.39, 0.29) is 41.8 Å². The highest BCUT2D eigenvalue weighted by atomic mass is 16.5. The second-order valence-electron chi connectivity index (χ2n) is 15.8. The molecule has 0 aliphatic carbocycles. The monoisotopic (exact) mass is 810 g/mol. The van der Waals surface area contributed by atoms with Gasteiger partial charge in [-0.15, -0.1) is 0 Å². The quantitative estimate of drug-likeness (QED) is 0.0371. The number of nitriles is 1. The average molecular weight is 811 g/mol. The molecule has 0 spiro atoms. The second kappa shape index (κ2) is 18.3. The molecule has 4 heterocycles. The van der Waals surface area contributed by atoms with Gasteiger partial charge >= 0.3 is 12.1 Å². The van der Waals surface area contributed by atoms with E-state index in [0.717, 1.165) is 59.3 Å². The van der Waals surface area contributed by atoms with E-state index in [4.69, 9.17) is 9.72 Å².